The predicted octanol–water partition coefficient (Wildman–Crippen LogP) is 1.22. The third-order valence-corrected chi connectivity index (χ3v) is 5.63. The normalized spacial score (nSPS) is 18.9. The molecule has 3 rings (SSSR count). The highest BCUT2D eigenvalue weighted by molar-refractivity contribution is 7.90. The van der Waals surface area contributed by atoms with Gasteiger partial charge in [-0.2, -0.15) is 0 Å². The van der Waals surface area contributed by atoms with Crippen molar-refractivity contribution < 1.29 is 22.7 Å². The summed E-state index contributed by atoms with van der Waals surface area (Å²) in [6, 6.07) is 4.60. The number of rotatable bonds is 4. The van der Waals surface area contributed by atoms with Crippen molar-refractivity contribution in [1.29, 1.82) is 0 Å². The Morgan fingerprint density at radius 3 is 3.00 bits per heavy atom. The molecule has 1 aliphatic rings. The number of nitrogens with one attached hydrogen (secondary N) is 1. The number of amides is 1. The van der Waals surface area contributed by atoms with Crippen LogP contribution in [0.5, 0.6) is 0 Å². The number of aryl methyl sites for hydroxylation is 1. The minimum absolute atomic E-state index is 0.0443. The number of thiazole rings is 1. The largest absolute Gasteiger partial charge is 0.376 e. The zero-order chi connectivity index (χ0) is 16.4. The molecule has 1 unspecified atom stereocenters. The zero-order valence-electron chi connectivity index (χ0n) is 12.4. The van der Waals surface area contributed by atoms with E-state index in [1.165, 1.54) is 23.5 Å². The van der Waals surface area contributed by atoms with Crippen LogP contribution in [0.4, 0.5) is 0 Å². The van der Waals surface area contributed by atoms with E-state index in [4.69, 9.17) is 9.47 Å². The maximum absolute atomic E-state index is 12.3. The summed E-state index contributed by atoms with van der Waals surface area (Å²) in [6.07, 6.45) is -0.466. The van der Waals surface area contributed by atoms with Gasteiger partial charge in [0.2, 0.25) is 5.91 Å². The second kappa shape index (κ2) is 6.52. The van der Waals surface area contributed by atoms with Crippen LogP contribution in [0.2, 0.25) is 0 Å². The average molecular weight is 356 g/mol. The minimum atomic E-state index is -3.91. The first-order valence-electron chi connectivity index (χ1n) is 7.06. The van der Waals surface area contributed by atoms with Crippen LogP contribution >= 0.6 is 11.3 Å². The predicted molar refractivity (Wildman–Crippen MR) is 84.9 cm³/mol. The molecule has 0 saturated carbocycles. The number of hydrogen-bond acceptors (Lipinski definition) is 7. The first-order chi connectivity index (χ1) is 10.9. The van der Waals surface area contributed by atoms with Gasteiger partial charge in [0.05, 0.1) is 52.5 Å². The topological polar surface area (TPSA) is 94.6 Å². The molecule has 2 heterocycles. The van der Waals surface area contributed by atoms with Crippen molar-refractivity contribution >= 4 is 37.5 Å². The van der Waals surface area contributed by atoms with E-state index in [1.807, 2.05) is 6.92 Å². The van der Waals surface area contributed by atoms with Gasteiger partial charge in [0.1, 0.15) is 0 Å². The summed E-state index contributed by atoms with van der Waals surface area (Å²) in [7, 11) is -3.91. The van der Waals surface area contributed by atoms with Crippen LogP contribution in [0.15, 0.2) is 23.1 Å². The zero-order valence-corrected chi connectivity index (χ0v) is 14.1. The molecule has 0 radical (unpaired) electrons. The van der Waals surface area contributed by atoms with Crippen molar-refractivity contribution in [2.24, 2.45) is 0 Å². The van der Waals surface area contributed by atoms with Crippen LogP contribution in [0, 0.1) is 6.92 Å². The molecule has 0 spiro atoms. The van der Waals surface area contributed by atoms with Gasteiger partial charge in [0.25, 0.3) is 10.0 Å². The second-order valence-electron chi connectivity index (χ2n) is 5.16. The Bertz CT molecular complexity index is 825. The molecule has 1 saturated heterocycles. The summed E-state index contributed by atoms with van der Waals surface area (Å²) in [4.78, 5) is 16.3. The molecule has 1 fully saturated rings. The Kier molecular flexibility index (Phi) is 4.62. The number of aromatic nitrogens is 1. The number of carbonyl (C=O) groups excluding carboxylic acids is 1. The molecule has 9 heteroatoms. The Labute approximate surface area is 137 Å². The molecule has 1 aromatic heterocycles. The number of hydrogen-bond donors (Lipinski definition) is 1. The van der Waals surface area contributed by atoms with Gasteiger partial charge in [0, 0.05) is 0 Å². The quantitative estimate of drug-likeness (QED) is 0.885. The molecule has 7 nitrogen and oxygen atoms in total. The summed E-state index contributed by atoms with van der Waals surface area (Å²) in [5, 5.41) is 0.855. The van der Waals surface area contributed by atoms with Crippen LogP contribution < -0.4 is 4.72 Å². The van der Waals surface area contributed by atoms with Gasteiger partial charge in [-0.25, -0.2) is 18.1 Å². The van der Waals surface area contributed by atoms with Crippen molar-refractivity contribution in [3.63, 3.8) is 0 Å². The smallest absolute Gasteiger partial charge is 0.264 e. The molecule has 2 aromatic rings. The lowest BCUT2D eigenvalue weighted by molar-refractivity contribution is -0.129. The molecule has 23 heavy (non-hydrogen) atoms. The lowest BCUT2D eigenvalue weighted by Gasteiger charge is -2.22. The van der Waals surface area contributed by atoms with Gasteiger partial charge in [0.15, 0.2) is 0 Å². The number of carbonyl (C=O) groups is 1. The van der Waals surface area contributed by atoms with Crippen LogP contribution in [0.25, 0.3) is 10.2 Å². The third kappa shape index (κ3) is 3.86. The maximum Gasteiger partial charge on any atom is 0.264 e. The highest BCUT2D eigenvalue weighted by atomic mass is 32.2. The Balaban J connectivity index is 1.72. The highest BCUT2D eigenvalue weighted by Gasteiger charge is 2.23. The molecular weight excluding hydrogens is 340 g/mol. The van der Waals surface area contributed by atoms with E-state index < -0.39 is 22.0 Å². The van der Waals surface area contributed by atoms with Gasteiger partial charge in [-0.05, 0) is 25.1 Å². The van der Waals surface area contributed by atoms with Crippen LogP contribution in [-0.4, -0.2) is 45.2 Å². The van der Waals surface area contributed by atoms with Gasteiger partial charge in [-0.3, -0.25) is 4.79 Å². The van der Waals surface area contributed by atoms with E-state index in [1.54, 1.807) is 6.07 Å². The van der Waals surface area contributed by atoms with Crippen LogP contribution in [-0.2, 0) is 24.3 Å². The molecule has 1 amide bonds. The van der Waals surface area contributed by atoms with Crippen LogP contribution in [0.1, 0.15) is 11.4 Å². The van der Waals surface area contributed by atoms with Gasteiger partial charge >= 0.3 is 0 Å². The highest BCUT2D eigenvalue weighted by Crippen LogP contribution is 2.24. The maximum atomic E-state index is 12.3. The summed E-state index contributed by atoms with van der Waals surface area (Å²) in [5.41, 5.74) is 0.741. The van der Waals surface area contributed by atoms with Crippen molar-refractivity contribution in [2.75, 3.05) is 19.8 Å². The van der Waals surface area contributed by atoms with Crippen molar-refractivity contribution in [2.45, 2.75) is 24.3 Å². The molecule has 1 aromatic carbocycles. The summed E-state index contributed by atoms with van der Waals surface area (Å²) >= 11 is 1.40. The monoisotopic (exact) mass is 356 g/mol. The van der Waals surface area contributed by atoms with E-state index >= 15 is 0 Å². The second-order valence-corrected chi connectivity index (χ2v) is 8.08. The lowest BCUT2D eigenvalue weighted by atomic mass is 10.2. The van der Waals surface area contributed by atoms with Crippen molar-refractivity contribution in [1.82, 2.24) is 9.71 Å². The first-order valence-corrected chi connectivity index (χ1v) is 9.36. The fraction of sp³-hybridized carbons (Fsp3) is 0.429. The van der Waals surface area contributed by atoms with E-state index in [9.17, 15) is 13.2 Å². The number of benzene rings is 1. The number of nitrogens with zero attached hydrogens (tertiary/aromatic N) is 1. The Morgan fingerprint density at radius 1 is 1.43 bits per heavy atom. The molecule has 124 valence electrons. The first kappa shape index (κ1) is 16.3. The molecule has 0 bridgehead atoms. The van der Waals surface area contributed by atoms with Crippen molar-refractivity contribution in [3.8, 4) is 0 Å². The Hall–Kier alpha value is -1.55. The molecule has 1 atom stereocenters. The summed E-state index contributed by atoms with van der Waals surface area (Å²) < 4.78 is 38.0. The lowest BCUT2D eigenvalue weighted by Crippen LogP contribution is -2.37. The average Bonchev–Trinajstić information content (AvgIpc) is 2.86. The fourth-order valence-electron chi connectivity index (χ4n) is 2.30. The van der Waals surface area contributed by atoms with Crippen LogP contribution in [0.3, 0.4) is 0 Å². The van der Waals surface area contributed by atoms with E-state index in [0.717, 1.165) is 15.2 Å². The standard InChI is InChI=1S/C14H16N2O5S2/c1-9-15-12-3-2-11(7-13(12)22-9)23(18,19)16-14(17)6-10-8-20-4-5-21-10/h2-3,7,10H,4-6,8H2,1H3,(H,16,17). The van der Waals surface area contributed by atoms with E-state index in [2.05, 4.69) is 9.71 Å². The summed E-state index contributed by atoms with van der Waals surface area (Å²) in [5.74, 6) is -0.610. The SMILES string of the molecule is Cc1nc2ccc(S(=O)(=O)NC(=O)CC3COCCO3)cc2s1. The molecule has 0 aliphatic carbocycles. The summed E-state index contributed by atoms with van der Waals surface area (Å²) in [6.45, 7) is 3.04. The fourth-order valence-corrected chi connectivity index (χ4v) is 4.26. The van der Waals surface area contributed by atoms with Gasteiger partial charge in [-0.15, -0.1) is 11.3 Å². The van der Waals surface area contributed by atoms with Gasteiger partial charge in [-0.1, -0.05) is 0 Å². The number of ether oxygens (including phenoxy) is 2. The molecule has 1 N–H and O–H groups in total. The molecule has 1 aliphatic heterocycles. The van der Waals surface area contributed by atoms with Crippen molar-refractivity contribution in [3.05, 3.63) is 23.2 Å². The molecular formula is C14H16N2O5S2. The Morgan fingerprint density at radius 2 is 2.26 bits per heavy atom. The minimum Gasteiger partial charge on any atom is -0.376 e. The van der Waals surface area contributed by atoms with E-state index in [-0.39, 0.29) is 11.3 Å². The third-order valence-electron chi connectivity index (χ3n) is 3.32. The van der Waals surface area contributed by atoms with E-state index in [0.29, 0.717) is 19.8 Å². The number of fused-ring (bicyclic) bond motifs is 1. The van der Waals surface area contributed by atoms with Gasteiger partial charge < -0.3 is 9.47 Å². The number of sulfonamides is 1.